The smallest absolute Gasteiger partial charge is 0.472 e. The number of carboxylic acids is 1. The predicted octanol–water partition coefficient (Wildman–Crippen LogP) is 13.3. The van der Waals surface area contributed by atoms with Crippen molar-refractivity contribution in [1.29, 1.82) is 0 Å². The van der Waals surface area contributed by atoms with E-state index in [9.17, 15) is 34.1 Å². The average Bonchev–Trinajstić information content (AvgIpc) is 3.29. The summed E-state index contributed by atoms with van der Waals surface area (Å²) in [4.78, 5) is 46.0. The summed E-state index contributed by atoms with van der Waals surface area (Å²) in [7, 11) is -4.80. The number of carbonyl (C=O) groups excluding carboxylic acids is 2. The molecule has 0 aliphatic rings. The number of esters is 1. The quantitative estimate of drug-likeness (QED) is 0.0200. The van der Waals surface area contributed by atoms with Gasteiger partial charge in [-0.15, -0.1) is 0 Å². The van der Waals surface area contributed by atoms with Crippen molar-refractivity contribution in [3.8, 4) is 0 Å². The Morgan fingerprint density at radius 2 is 0.848 bits per heavy atom. The summed E-state index contributed by atoms with van der Waals surface area (Å²) in [6, 6.07) is -1.60. The second-order valence-electron chi connectivity index (χ2n) is 15.5. The van der Waals surface area contributed by atoms with Gasteiger partial charge >= 0.3 is 19.8 Å². The van der Waals surface area contributed by atoms with E-state index in [4.69, 9.17) is 13.8 Å². The summed E-state index contributed by atoms with van der Waals surface area (Å²) >= 11 is 0. The molecule has 0 aliphatic carbocycles. The molecule has 0 aromatic heterocycles. The number of aliphatic hydroxyl groups is 1. The van der Waals surface area contributed by atoms with Gasteiger partial charge < -0.3 is 25.2 Å². The molecule has 0 aromatic carbocycles. The molecule has 0 aliphatic heterocycles. The van der Waals surface area contributed by atoms with Gasteiger partial charge in [0.2, 0.25) is 5.91 Å². The van der Waals surface area contributed by atoms with E-state index in [1.54, 1.807) is 0 Å². The second-order valence-corrected chi connectivity index (χ2v) is 17.0. The number of rotatable bonds is 43. The maximum Gasteiger partial charge on any atom is 0.472 e. The number of nitrogens with one attached hydrogen (secondary N) is 1. The maximum absolute atomic E-state index is 12.3. The number of aliphatic hydroxyl groups excluding tert-OH is 1. The van der Waals surface area contributed by atoms with E-state index in [-0.39, 0.29) is 12.8 Å². The fourth-order valence-corrected chi connectivity index (χ4v) is 6.55. The molecule has 3 unspecified atom stereocenters. The number of unbranched alkanes of at least 4 members (excludes halogenated alkanes) is 7. The first-order valence-electron chi connectivity index (χ1n) is 24.2. The minimum atomic E-state index is -4.80. The molecule has 0 aromatic rings. The van der Waals surface area contributed by atoms with Crippen LogP contribution in [-0.2, 0) is 32.7 Å². The molecular weight excluding hydrogens is 854 g/mol. The van der Waals surface area contributed by atoms with E-state index in [1.165, 1.54) is 6.42 Å². The van der Waals surface area contributed by atoms with Crippen LogP contribution in [0.5, 0.6) is 0 Å². The second kappa shape index (κ2) is 47.1. The molecule has 0 radical (unpaired) electrons. The number of amides is 1. The van der Waals surface area contributed by atoms with Crippen molar-refractivity contribution in [2.75, 3.05) is 19.8 Å². The molecule has 370 valence electrons. The van der Waals surface area contributed by atoms with E-state index in [1.807, 2.05) is 18.2 Å². The van der Waals surface area contributed by atoms with Gasteiger partial charge in [0.15, 0.2) is 6.04 Å². The summed E-state index contributed by atoms with van der Waals surface area (Å²) < 4.78 is 26.9. The van der Waals surface area contributed by atoms with Crippen molar-refractivity contribution in [3.63, 3.8) is 0 Å². The lowest BCUT2D eigenvalue weighted by molar-refractivity contribution is -0.147. The van der Waals surface area contributed by atoms with Crippen molar-refractivity contribution in [2.24, 2.45) is 0 Å². The number of aliphatic carboxylic acids is 1. The highest BCUT2D eigenvalue weighted by Gasteiger charge is 2.28. The van der Waals surface area contributed by atoms with Gasteiger partial charge in [0.1, 0.15) is 12.7 Å². The van der Waals surface area contributed by atoms with Gasteiger partial charge in [-0.1, -0.05) is 180 Å². The largest absolute Gasteiger partial charge is 0.480 e. The van der Waals surface area contributed by atoms with Crippen LogP contribution in [0.15, 0.2) is 134 Å². The average molecular weight is 938 g/mol. The Morgan fingerprint density at radius 1 is 0.485 bits per heavy atom. The van der Waals surface area contributed by atoms with E-state index < -0.39 is 57.6 Å². The van der Waals surface area contributed by atoms with Gasteiger partial charge in [-0.25, -0.2) is 9.36 Å². The number of hydrogen-bond acceptors (Lipinski definition) is 8. The van der Waals surface area contributed by atoms with Crippen LogP contribution in [0, 0.1) is 0 Å². The van der Waals surface area contributed by atoms with Crippen molar-refractivity contribution in [2.45, 2.75) is 167 Å². The molecule has 1 amide bonds. The number of phosphoric acid groups is 1. The SMILES string of the molecule is CC/C=C\C/C=C\C/C=C\C/C=C\C/C=C\C/C=C\CCC(=O)NC(COP(=O)(O)OCC(O)COC(=O)CCCCCCCCC/C=C\C/C=C\C/C=C\C/C=C\C/C=C\CC)C(=O)O. The summed E-state index contributed by atoms with van der Waals surface area (Å²) in [5.74, 6) is -2.52. The van der Waals surface area contributed by atoms with Gasteiger partial charge in [0.05, 0.1) is 13.2 Å². The third-order valence-corrected chi connectivity index (χ3v) is 10.4. The van der Waals surface area contributed by atoms with Gasteiger partial charge in [0, 0.05) is 12.8 Å². The zero-order chi connectivity index (χ0) is 48.4. The highest BCUT2D eigenvalue weighted by Crippen LogP contribution is 2.43. The lowest BCUT2D eigenvalue weighted by atomic mass is 10.1. The third kappa shape index (κ3) is 46.2. The monoisotopic (exact) mass is 938 g/mol. The molecule has 0 rings (SSSR count). The molecule has 0 saturated carbocycles. The number of carboxylic acid groups (broad SMARTS) is 1. The molecule has 0 saturated heterocycles. The highest BCUT2D eigenvalue weighted by atomic mass is 31.2. The van der Waals surface area contributed by atoms with E-state index >= 15 is 0 Å². The standard InChI is InChI=1S/C54H84NO10P/c1-3-5-7-9-11-13-15-17-19-21-23-24-25-26-28-30-32-34-36-38-40-42-44-46-53(58)63-47-50(56)48-64-66(61,62)65-49-51(54(59)60)55-52(57)45-43-41-39-37-35-33-31-29-27-22-20-18-16-14-12-10-8-6-4-2/h5-8,11-14,17-20,23-24,26-29,33,35,39,41,50-51,56H,3-4,9-10,15-16,21-22,25,30-32,34,36-38,40,42-49H2,1-2H3,(H,55,57)(H,59,60)(H,61,62)/b7-5-,8-6-,13-11-,14-12-,19-17-,20-18-,24-23-,28-26-,29-27-,35-33-,41-39-. The number of ether oxygens (including phenoxy) is 1. The van der Waals surface area contributed by atoms with Crippen LogP contribution in [0.3, 0.4) is 0 Å². The zero-order valence-corrected chi connectivity index (χ0v) is 41.1. The molecular formula is C54H84NO10P. The van der Waals surface area contributed by atoms with E-state index in [0.29, 0.717) is 19.3 Å². The Bertz CT molecular complexity index is 1620. The number of hydrogen-bond donors (Lipinski definition) is 4. The van der Waals surface area contributed by atoms with E-state index in [0.717, 1.165) is 103 Å². The molecule has 4 N–H and O–H groups in total. The Balaban J connectivity index is 3.99. The molecule has 0 heterocycles. The third-order valence-electron chi connectivity index (χ3n) is 9.45. The Kier molecular flexibility index (Phi) is 44.0. The van der Waals surface area contributed by atoms with Crippen LogP contribution >= 0.6 is 7.82 Å². The topological polar surface area (TPSA) is 169 Å². The van der Waals surface area contributed by atoms with E-state index in [2.05, 4.69) is 135 Å². The number of phosphoric ester groups is 1. The lowest BCUT2D eigenvalue weighted by Crippen LogP contribution is -2.43. The van der Waals surface area contributed by atoms with Gasteiger partial charge in [0.25, 0.3) is 0 Å². The van der Waals surface area contributed by atoms with Crippen molar-refractivity contribution >= 4 is 25.7 Å². The lowest BCUT2D eigenvalue weighted by Gasteiger charge is -2.18. The van der Waals surface area contributed by atoms with Crippen molar-refractivity contribution in [3.05, 3.63) is 134 Å². The van der Waals surface area contributed by atoms with Crippen LogP contribution in [0.1, 0.15) is 155 Å². The normalized spacial score (nSPS) is 14.7. The van der Waals surface area contributed by atoms with Crippen molar-refractivity contribution < 1.29 is 47.8 Å². The molecule has 0 spiro atoms. The summed E-state index contributed by atoms with van der Waals surface area (Å²) in [5, 5.41) is 21.8. The molecule has 0 fully saturated rings. The Hall–Kier alpha value is -4.38. The molecule has 3 atom stereocenters. The zero-order valence-electron chi connectivity index (χ0n) is 40.2. The molecule has 0 bridgehead atoms. The Morgan fingerprint density at radius 3 is 1.27 bits per heavy atom. The van der Waals surface area contributed by atoms with Gasteiger partial charge in [-0.3, -0.25) is 18.6 Å². The fourth-order valence-electron chi connectivity index (χ4n) is 5.77. The van der Waals surface area contributed by atoms with Gasteiger partial charge in [-0.2, -0.15) is 0 Å². The maximum atomic E-state index is 12.3. The highest BCUT2D eigenvalue weighted by molar-refractivity contribution is 7.47. The van der Waals surface area contributed by atoms with Crippen LogP contribution in [0.4, 0.5) is 0 Å². The molecule has 66 heavy (non-hydrogen) atoms. The van der Waals surface area contributed by atoms with Crippen LogP contribution < -0.4 is 5.32 Å². The first-order chi connectivity index (χ1) is 32.1. The molecule has 11 nitrogen and oxygen atoms in total. The number of allylic oxidation sites excluding steroid dienone is 22. The van der Waals surface area contributed by atoms with Crippen molar-refractivity contribution in [1.82, 2.24) is 5.32 Å². The fraction of sp³-hybridized carbons (Fsp3) is 0.537. The summed E-state index contributed by atoms with van der Waals surface area (Å²) in [6.45, 7) is 2.29. The first kappa shape index (κ1) is 61.6. The first-order valence-corrected chi connectivity index (χ1v) is 25.7. The minimum Gasteiger partial charge on any atom is -0.480 e. The van der Waals surface area contributed by atoms with Crippen LogP contribution in [0.25, 0.3) is 0 Å². The minimum absolute atomic E-state index is 0.0115. The predicted molar refractivity (Wildman–Crippen MR) is 272 cm³/mol. The van der Waals surface area contributed by atoms with Crippen LogP contribution in [0.2, 0.25) is 0 Å². The molecule has 12 heteroatoms. The number of carbonyl (C=O) groups is 3. The van der Waals surface area contributed by atoms with Gasteiger partial charge in [-0.05, 0) is 96.3 Å². The summed E-state index contributed by atoms with van der Waals surface area (Å²) in [6.07, 6.45) is 64.9. The van der Waals surface area contributed by atoms with Crippen LogP contribution in [-0.4, -0.2) is 64.9 Å². The Labute approximate surface area is 398 Å². The summed E-state index contributed by atoms with van der Waals surface area (Å²) in [5.41, 5.74) is 0.